The summed E-state index contributed by atoms with van der Waals surface area (Å²) < 4.78 is 0. The number of hydrogen-bond donors (Lipinski definition) is 2. The molecule has 0 aliphatic rings. The van der Waals surface area contributed by atoms with Gasteiger partial charge in [0.15, 0.2) is 0 Å². The van der Waals surface area contributed by atoms with E-state index in [1.165, 1.54) is 6.92 Å². The van der Waals surface area contributed by atoms with Gasteiger partial charge >= 0.3 is 0 Å². The summed E-state index contributed by atoms with van der Waals surface area (Å²) in [5.41, 5.74) is 1.66. The summed E-state index contributed by atoms with van der Waals surface area (Å²) in [4.78, 5) is 11.3. The molecule has 1 rings (SSSR count). The molecule has 14 heavy (non-hydrogen) atoms. The van der Waals surface area contributed by atoms with Crippen LogP contribution in [0.2, 0.25) is 0 Å². The van der Waals surface area contributed by atoms with Crippen molar-refractivity contribution in [1.82, 2.24) is 0 Å². The molecule has 1 unspecified atom stereocenters. The van der Waals surface area contributed by atoms with E-state index in [0.717, 1.165) is 10.6 Å². The smallest absolute Gasteiger partial charge is 0.269 e. The van der Waals surface area contributed by atoms with Crippen LogP contribution in [0, 0.1) is 6.92 Å². The van der Waals surface area contributed by atoms with E-state index in [1.807, 2.05) is 19.1 Å². The van der Waals surface area contributed by atoms with Gasteiger partial charge in [-0.2, -0.15) is 0 Å². The van der Waals surface area contributed by atoms with E-state index in [9.17, 15) is 4.79 Å². The molecule has 4 heteroatoms. The molecule has 0 saturated heterocycles. The minimum Gasteiger partial charge on any atom is -0.383 e. The van der Waals surface area contributed by atoms with Crippen LogP contribution in [0.3, 0.4) is 0 Å². The van der Waals surface area contributed by atoms with E-state index in [1.54, 1.807) is 12.1 Å². The average molecular weight is 194 g/mol. The first-order chi connectivity index (χ1) is 6.52. The third kappa shape index (κ3) is 2.31. The van der Waals surface area contributed by atoms with Crippen molar-refractivity contribution in [3.05, 3.63) is 29.8 Å². The zero-order valence-electron chi connectivity index (χ0n) is 8.27. The number of nitrogens with two attached hydrogens (primary N) is 1. The van der Waals surface area contributed by atoms with Gasteiger partial charge in [-0.15, -0.1) is 0 Å². The number of aliphatic hydroxyl groups excluding tert-OH is 1. The molecule has 0 aromatic heterocycles. The molecule has 0 fully saturated rings. The van der Waals surface area contributed by atoms with E-state index < -0.39 is 12.0 Å². The van der Waals surface area contributed by atoms with Crippen LogP contribution in [0.5, 0.6) is 0 Å². The van der Waals surface area contributed by atoms with Gasteiger partial charge in [-0.3, -0.25) is 4.79 Å². The molecule has 4 nitrogen and oxygen atoms in total. The number of carbonyl (C=O) groups is 1. The zero-order valence-corrected chi connectivity index (χ0v) is 8.27. The quantitative estimate of drug-likeness (QED) is 0.411. The largest absolute Gasteiger partial charge is 0.383 e. The van der Waals surface area contributed by atoms with Gasteiger partial charge in [0.1, 0.15) is 6.10 Å². The van der Waals surface area contributed by atoms with Gasteiger partial charge in [-0.05, 0) is 26.0 Å². The van der Waals surface area contributed by atoms with Crippen molar-refractivity contribution in [2.75, 3.05) is 5.01 Å². The van der Waals surface area contributed by atoms with E-state index in [4.69, 9.17) is 10.9 Å². The fourth-order valence-electron chi connectivity index (χ4n) is 1.03. The molecule has 1 atom stereocenters. The number of benzene rings is 1. The molecule has 0 heterocycles. The Morgan fingerprint density at radius 1 is 1.43 bits per heavy atom. The molecule has 3 N–H and O–H groups in total. The van der Waals surface area contributed by atoms with Crippen LogP contribution in [-0.4, -0.2) is 17.1 Å². The van der Waals surface area contributed by atoms with E-state index >= 15 is 0 Å². The first-order valence-corrected chi connectivity index (χ1v) is 4.36. The Balaban J connectivity index is 2.84. The Bertz CT molecular complexity index is 319. The lowest BCUT2D eigenvalue weighted by atomic mass is 10.2. The maximum atomic E-state index is 11.3. The van der Waals surface area contributed by atoms with E-state index in [-0.39, 0.29) is 0 Å². The van der Waals surface area contributed by atoms with Gasteiger partial charge < -0.3 is 5.11 Å². The predicted octanol–water partition coefficient (Wildman–Crippen LogP) is 0.583. The third-order valence-electron chi connectivity index (χ3n) is 1.91. The molecule has 1 aromatic carbocycles. The molecule has 0 radical (unpaired) electrons. The van der Waals surface area contributed by atoms with Crippen molar-refractivity contribution in [2.24, 2.45) is 5.84 Å². The van der Waals surface area contributed by atoms with Crippen LogP contribution in [-0.2, 0) is 4.79 Å². The van der Waals surface area contributed by atoms with Gasteiger partial charge in [0.25, 0.3) is 5.91 Å². The molecule has 0 spiro atoms. The number of hydrazine groups is 1. The van der Waals surface area contributed by atoms with E-state index in [2.05, 4.69) is 0 Å². The summed E-state index contributed by atoms with van der Waals surface area (Å²) in [6.45, 7) is 3.33. The van der Waals surface area contributed by atoms with Crippen molar-refractivity contribution in [1.29, 1.82) is 0 Å². The fraction of sp³-hybridized carbons (Fsp3) is 0.300. The lowest BCUT2D eigenvalue weighted by Crippen LogP contribution is -2.43. The van der Waals surface area contributed by atoms with E-state index in [0.29, 0.717) is 5.69 Å². The highest BCUT2D eigenvalue weighted by atomic mass is 16.3. The number of hydrogen-bond acceptors (Lipinski definition) is 3. The second-order valence-electron chi connectivity index (χ2n) is 3.22. The van der Waals surface area contributed by atoms with Crippen molar-refractivity contribution >= 4 is 11.6 Å². The molecular weight excluding hydrogens is 180 g/mol. The van der Waals surface area contributed by atoms with Gasteiger partial charge in [0.05, 0.1) is 5.69 Å². The Labute approximate surface area is 82.9 Å². The number of anilines is 1. The highest BCUT2D eigenvalue weighted by molar-refractivity contribution is 5.94. The van der Waals surface area contributed by atoms with Crippen molar-refractivity contribution in [3.8, 4) is 0 Å². The fourth-order valence-corrected chi connectivity index (χ4v) is 1.03. The van der Waals surface area contributed by atoms with Crippen LogP contribution in [0.4, 0.5) is 5.69 Å². The Morgan fingerprint density at radius 2 is 1.93 bits per heavy atom. The number of nitrogens with zero attached hydrogens (tertiary/aromatic N) is 1. The summed E-state index contributed by atoms with van der Waals surface area (Å²) >= 11 is 0. The topological polar surface area (TPSA) is 66.6 Å². The molecule has 0 saturated carbocycles. The molecule has 0 aliphatic heterocycles. The monoisotopic (exact) mass is 194 g/mol. The number of aliphatic hydroxyl groups is 1. The maximum Gasteiger partial charge on any atom is 0.269 e. The zero-order chi connectivity index (χ0) is 10.7. The number of carbonyl (C=O) groups excluding carboxylic acids is 1. The van der Waals surface area contributed by atoms with Crippen LogP contribution in [0.1, 0.15) is 12.5 Å². The summed E-state index contributed by atoms with van der Waals surface area (Å²) in [6, 6.07) is 7.17. The summed E-state index contributed by atoms with van der Waals surface area (Å²) in [7, 11) is 0. The summed E-state index contributed by atoms with van der Waals surface area (Å²) in [5.74, 6) is 4.99. The minimum absolute atomic E-state index is 0.520. The Kier molecular flexibility index (Phi) is 3.22. The molecule has 0 bridgehead atoms. The van der Waals surface area contributed by atoms with Crippen molar-refractivity contribution in [2.45, 2.75) is 20.0 Å². The van der Waals surface area contributed by atoms with Crippen molar-refractivity contribution < 1.29 is 9.90 Å². The molecule has 1 amide bonds. The predicted molar refractivity (Wildman–Crippen MR) is 54.5 cm³/mol. The summed E-state index contributed by atoms with van der Waals surface area (Å²) in [6.07, 6.45) is -1.08. The highest BCUT2D eigenvalue weighted by Gasteiger charge is 2.16. The number of rotatable bonds is 2. The maximum absolute atomic E-state index is 11.3. The van der Waals surface area contributed by atoms with Crippen LogP contribution < -0.4 is 10.9 Å². The Hall–Kier alpha value is -1.39. The first kappa shape index (κ1) is 10.7. The van der Waals surface area contributed by atoms with Gasteiger partial charge in [0.2, 0.25) is 0 Å². The number of amides is 1. The molecule has 0 aliphatic carbocycles. The van der Waals surface area contributed by atoms with Crippen molar-refractivity contribution in [3.63, 3.8) is 0 Å². The summed E-state index contributed by atoms with van der Waals surface area (Å²) in [5, 5.41) is 9.98. The first-order valence-electron chi connectivity index (χ1n) is 4.36. The molecule has 76 valence electrons. The van der Waals surface area contributed by atoms with Gasteiger partial charge in [-0.25, -0.2) is 10.9 Å². The lowest BCUT2D eigenvalue weighted by Gasteiger charge is -2.18. The lowest BCUT2D eigenvalue weighted by molar-refractivity contribution is -0.125. The second kappa shape index (κ2) is 4.21. The Morgan fingerprint density at radius 3 is 2.36 bits per heavy atom. The molecule has 1 aromatic rings. The van der Waals surface area contributed by atoms with Gasteiger partial charge in [-0.1, -0.05) is 17.7 Å². The normalized spacial score (nSPS) is 12.3. The van der Waals surface area contributed by atoms with Crippen LogP contribution in [0.15, 0.2) is 24.3 Å². The van der Waals surface area contributed by atoms with Crippen LogP contribution in [0.25, 0.3) is 0 Å². The standard InChI is InChI=1S/C10H14N2O2/c1-7-3-5-9(6-4-7)12(11)10(14)8(2)13/h3-6,8,13H,11H2,1-2H3. The third-order valence-corrected chi connectivity index (χ3v) is 1.91. The SMILES string of the molecule is Cc1ccc(N(N)C(=O)C(C)O)cc1. The van der Waals surface area contributed by atoms with Gasteiger partial charge in [0, 0.05) is 0 Å². The molecular formula is C10H14N2O2. The van der Waals surface area contributed by atoms with Crippen LogP contribution >= 0.6 is 0 Å². The highest BCUT2D eigenvalue weighted by Crippen LogP contribution is 2.12. The number of aryl methyl sites for hydroxylation is 1. The minimum atomic E-state index is -1.08. The second-order valence-corrected chi connectivity index (χ2v) is 3.22. The average Bonchev–Trinajstić information content (AvgIpc) is 2.16.